The number of ether oxygens (including phenoxy) is 3. The molecule has 3 aromatic rings. The van der Waals surface area contributed by atoms with Crippen molar-refractivity contribution in [1.29, 1.82) is 0 Å². The maximum Gasteiger partial charge on any atom is 0.347 e. The van der Waals surface area contributed by atoms with E-state index < -0.39 is 5.97 Å². The summed E-state index contributed by atoms with van der Waals surface area (Å²) in [6.07, 6.45) is 6.11. The number of aliphatic hydroxyl groups excluding tert-OH is 1. The van der Waals surface area contributed by atoms with E-state index in [4.69, 9.17) is 19.3 Å². The average Bonchev–Trinajstić information content (AvgIpc) is 3.79. The van der Waals surface area contributed by atoms with E-state index in [2.05, 4.69) is 22.5 Å². The van der Waals surface area contributed by atoms with E-state index in [1.807, 2.05) is 57.2 Å². The second kappa shape index (κ2) is 14.1. The summed E-state index contributed by atoms with van der Waals surface area (Å²) >= 11 is 3.34. The van der Waals surface area contributed by atoms with Gasteiger partial charge in [0.05, 0.1) is 12.4 Å². The number of allylic oxidation sites excluding steroid dienone is 1. The molecule has 0 amide bonds. The van der Waals surface area contributed by atoms with E-state index >= 15 is 0 Å². The fourth-order valence-corrected chi connectivity index (χ4v) is 4.33. The minimum Gasteiger partial charge on any atom is -0.513 e. The summed E-state index contributed by atoms with van der Waals surface area (Å²) in [6.45, 7) is 11.2. The number of carbonyl (C=O) groups is 1. The van der Waals surface area contributed by atoms with Crippen LogP contribution in [0.1, 0.15) is 70.8 Å². The highest BCUT2D eigenvalue weighted by molar-refractivity contribution is 9.10. The molecule has 0 atom stereocenters. The van der Waals surface area contributed by atoms with E-state index in [0.29, 0.717) is 40.3 Å². The molecule has 0 radical (unpaired) electrons. The molecule has 7 heteroatoms. The lowest BCUT2D eigenvalue weighted by Crippen LogP contribution is -2.19. The molecule has 0 aromatic heterocycles. The molecule has 1 heterocycles. The Morgan fingerprint density at radius 3 is 2.31 bits per heavy atom. The standard InChI is InChI=1S/C26H25BrO5.C3H6O.C3H6/c1-15-12-20(28)23(27)24(17(15)3)32-26(29)22-16(2)13-21(19-10-7-11-30-25(19)22)31-14-18-8-5-4-6-9-18;1-3(2)4;1-2-3-1/h4-6,8-9,12-13,28H,7,10-11,14H2,1-3H3;4H,1H2,2H3;1-3H2. The molecule has 0 spiro atoms. The summed E-state index contributed by atoms with van der Waals surface area (Å²) in [5, 5.41) is 18.0. The van der Waals surface area contributed by atoms with Gasteiger partial charge in [0.1, 0.15) is 33.9 Å². The Morgan fingerprint density at radius 2 is 1.69 bits per heavy atom. The van der Waals surface area contributed by atoms with Crippen molar-refractivity contribution in [3.63, 3.8) is 0 Å². The highest BCUT2D eigenvalue weighted by Gasteiger charge is 2.28. The van der Waals surface area contributed by atoms with Crippen molar-refractivity contribution < 1.29 is 29.2 Å². The molecule has 1 aliphatic carbocycles. The predicted octanol–water partition coefficient (Wildman–Crippen LogP) is 8.45. The van der Waals surface area contributed by atoms with Crippen molar-refractivity contribution in [3.8, 4) is 23.0 Å². The van der Waals surface area contributed by atoms with Gasteiger partial charge in [-0.1, -0.05) is 56.2 Å². The van der Waals surface area contributed by atoms with E-state index in [0.717, 1.165) is 40.8 Å². The summed E-state index contributed by atoms with van der Waals surface area (Å²) in [4.78, 5) is 13.3. The molecule has 1 saturated carbocycles. The van der Waals surface area contributed by atoms with Crippen LogP contribution in [0.4, 0.5) is 0 Å². The first-order chi connectivity index (χ1) is 18.6. The van der Waals surface area contributed by atoms with Crippen LogP contribution >= 0.6 is 15.9 Å². The summed E-state index contributed by atoms with van der Waals surface area (Å²) in [5.41, 5.74) is 4.65. The van der Waals surface area contributed by atoms with Crippen LogP contribution in [0.15, 0.2) is 59.3 Å². The molecule has 208 valence electrons. The van der Waals surface area contributed by atoms with Gasteiger partial charge in [-0.15, -0.1) is 0 Å². The van der Waals surface area contributed by atoms with E-state index in [-0.39, 0.29) is 11.5 Å². The largest absolute Gasteiger partial charge is 0.513 e. The first-order valence-corrected chi connectivity index (χ1v) is 13.9. The third-order valence-corrected chi connectivity index (χ3v) is 6.82. The Morgan fingerprint density at radius 1 is 1.05 bits per heavy atom. The smallest absolute Gasteiger partial charge is 0.347 e. The van der Waals surface area contributed by atoms with E-state index in [1.165, 1.54) is 26.2 Å². The van der Waals surface area contributed by atoms with Gasteiger partial charge in [0.15, 0.2) is 5.75 Å². The first kappa shape index (κ1) is 30.1. The lowest BCUT2D eigenvalue weighted by Gasteiger charge is -2.24. The number of aliphatic hydroxyl groups is 1. The summed E-state index contributed by atoms with van der Waals surface area (Å²) in [6, 6.07) is 13.5. The van der Waals surface area contributed by atoms with E-state index in [1.54, 1.807) is 6.07 Å². The van der Waals surface area contributed by atoms with Crippen LogP contribution in [0, 0.1) is 20.8 Å². The average molecular weight is 598 g/mol. The van der Waals surface area contributed by atoms with Crippen molar-refractivity contribution in [1.82, 2.24) is 0 Å². The topological polar surface area (TPSA) is 85.2 Å². The van der Waals surface area contributed by atoms with Gasteiger partial charge in [0, 0.05) is 5.56 Å². The highest BCUT2D eigenvalue weighted by Crippen LogP contribution is 2.42. The molecule has 3 aromatic carbocycles. The van der Waals surface area contributed by atoms with Crippen LogP contribution in [0.25, 0.3) is 0 Å². The maximum absolute atomic E-state index is 13.3. The highest BCUT2D eigenvalue weighted by atomic mass is 79.9. The Balaban J connectivity index is 0.000000530. The van der Waals surface area contributed by atoms with Crippen molar-refractivity contribution in [2.24, 2.45) is 0 Å². The van der Waals surface area contributed by atoms with Gasteiger partial charge in [0.25, 0.3) is 0 Å². The van der Waals surface area contributed by atoms with Gasteiger partial charge in [0.2, 0.25) is 0 Å². The molecule has 6 nitrogen and oxygen atoms in total. The number of phenolic OH excluding ortho intramolecular Hbond substituents is 1. The van der Waals surface area contributed by atoms with Gasteiger partial charge in [-0.25, -0.2) is 4.79 Å². The zero-order valence-corrected chi connectivity index (χ0v) is 24.7. The SMILES string of the molecule is C1CC1.C=C(C)O.Cc1cc(O)c(Br)c(OC(=O)c2c(C)cc(OCc3ccccc3)c3c2OCCC3)c1C. The van der Waals surface area contributed by atoms with Crippen LogP contribution < -0.4 is 14.2 Å². The van der Waals surface area contributed by atoms with E-state index in [9.17, 15) is 9.90 Å². The van der Waals surface area contributed by atoms with Crippen LogP contribution in [-0.2, 0) is 13.0 Å². The lowest BCUT2D eigenvalue weighted by atomic mass is 9.97. The van der Waals surface area contributed by atoms with Crippen molar-refractivity contribution in [2.45, 2.75) is 66.4 Å². The predicted molar refractivity (Wildman–Crippen MR) is 157 cm³/mol. The number of rotatable bonds is 5. The minimum absolute atomic E-state index is 0.0237. The summed E-state index contributed by atoms with van der Waals surface area (Å²) in [7, 11) is 0. The molecule has 0 unspecified atom stereocenters. The van der Waals surface area contributed by atoms with Crippen LogP contribution in [-0.4, -0.2) is 22.8 Å². The number of carbonyl (C=O) groups excluding carboxylic acids is 1. The van der Waals surface area contributed by atoms with Gasteiger partial charge < -0.3 is 24.4 Å². The van der Waals surface area contributed by atoms with Gasteiger partial charge >= 0.3 is 5.97 Å². The molecular formula is C32H37BrO6. The number of hydrogen-bond acceptors (Lipinski definition) is 6. The maximum atomic E-state index is 13.3. The number of benzene rings is 3. The molecular weight excluding hydrogens is 560 g/mol. The Hall–Kier alpha value is -3.45. The Labute approximate surface area is 239 Å². The summed E-state index contributed by atoms with van der Waals surface area (Å²) < 4.78 is 18.2. The molecule has 1 fully saturated rings. The van der Waals surface area contributed by atoms with Crippen molar-refractivity contribution in [3.05, 3.63) is 92.7 Å². The second-order valence-electron chi connectivity index (χ2n) is 9.77. The van der Waals surface area contributed by atoms with Crippen LogP contribution in [0.5, 0.6) is 23.0 Å². The summed E-state index contributed by atoms with van der Waals surface area (Å²) in [5.74, 6) is 1.22. The lowest BCUT2D eigenvalue weighted by molar-refractivity contribution is 0.0725. The molecule has 2 aliphatic rings. The normalized spacial score (nSPS) is 12.8. The number of halogens is 1. The van der Waals surface area contributed by atoms with Gasteiger partial charge in [-0.2, -0.15) is 0 Å². The van der Waals surface area contributed by atoms with Crippen molar-refractivity contribution in [2.75, 3.05) is 6.61 Å². The molecule has 0 saturated heterocycles. The quantitative estimate of drug-likeness (QED) is 0.174. The number of aromatic hydroxyl groups is 1. The Kier molecular flexibility index (Phi) is 10.9. The minimum atomic E-state index is -0.524. The number of esters is 1. The number of hydrogen-bond donors (Lipinski definition) is 2. The number of phenols is 1. The monoisotopic (exact) mass is 596 g/mol. The zero-order chi connectivity index (χ0) is 28.5. The van der Waals surface area contributed by atoms with Gasteiger partial charge in [-0.3, -0.25) is 0 Å². The molecule has 0 bridgehead atoms. The van der Waals surface area contributed by atoms with Crippen LogP contribution in [0.3, 0.4) is 0 Å². The van der Waals surface area contributed by atoms with Gasteiger partial charge in [-0.05, 0) is 90.9 Å². The second-order valence-corrected chi connectivity index (χ2v) is 10.6. The van der Waals surface area contributed by atoms with Crippen molar-refractivity contribution >= 4 is 21.9 Å². The van der Waals surface area contributed by atoms with Crippen LogP contribution in [0.2, 0.25) is 0 Å². The fourth-order valence-electron chi connectivity index (χ4n) is 3.84. The fraction of sp³-hybridized carbons (Fsp3) is 0.344. The molecule has 39 heavy (non-hydrogen) atoms. The number of fused-ring (bicyclic) bond motifs is 1. The third-order valence-electron chi connectivity index (χ3n) is 6.06. The third kappa shape index (κ3) is 8.52. The molecule has 5 rings (SSSR count). The number of aryl methyl sites for hydroxylation is 2. The zero-order valence-electron chi connectivity index (χ0n) is 23.1. The Bertz CT molecular complexity index is 1280. The molecule has 1 aliphatic heterocycles. The first-order valence-electron chi connectivity index (χ1n) is 13.1. The molecule has 2 N–H and O–H groups in total.